The summed E-state index contributed by atoms with van der Waals surface area (Å²) in [5.41, 5.74) is 2.01. The molecule has 7 nitrogen and oxygen atoms in total. The number of aromatic hydroxyl groups is 2. The van der Waals surface area contributed by atoms with Crippen molar-refractivity contribution in [1.82, 2.24) is 9.47 Å². The molecule has 1 aliphatic heterocycles. The monoisotopic (exact) mass is 392 g/mol. The smallest absolute Gasteiger partial charge is 0.218 e. The molecule has 8 heteroatoms. The number of piperazine rings is 1. The number of anilines is 2. The highest BCUT2D eigenvalue weighted by atomic mass is 19.1. The first-order valence-corrected chi connectivity index (χ1v) is 9.55. The van der Waals surface area contributed by atoms with Crippen LogP contribution in [0, 0.1) is 12.7 Å². The van der Waals surface area contributed by atoms with E-state index in [0.29, 0.717) is 23.5 Å². The number of nitrogens with one attached hydrogen (secondary N) is 1. The Hall–Kier alpha value is -2.61. The van der Waals surface area contributed by atoms with Crippen molar-refractivity contribution in [2.45, 2.75) is 19.9 Å². The number of ether oxygens (including phenoxy) is 1. The van der Waals surface area contributed by atoms with E-state index >= 15 is 0 Å². The maximum absolute atomic E-state index is 13.6. The first kappa shape index (κ1) is 20.1. The maximum Gasteiger partial charge on any atom is 0.218 e. The first-order chi connectivity index (χ1) is 13.5. The fourth-order valence-corrected chi connectivity index (χ4v) is 3.80. The summed E-state index contributed by atoms with van der Waals surface area (Å²) in [6.07, 6.45) is 0.807. The molecule has 0 amide bonds. The summed E-state index contributed by atoms with van der Waals surface area (Å²) in [6.45, 7) is 6.49. The van der Waals surface area contributed by atoms with Gasteiger partial charge in [-0.25, -0.2) is 4.39 Å². The van der Waals surface area contributed by atoms with Gasteiger partial charge in [0.05, 0.1) is 12.8 Å². The number of hydrogen-bond acceptors (Lipinski definition) is 6. The Balaban J connectivity index is 1.53. The van der Waals surface area contributed by atoms with Crippen LogP contribution in [-0.2, 0) is 6.54 Å². The number of methoxy groups -OCH3 is 1. The molecule has 0 saturated carbocycles. The molecule has 1 saturated heterocycles. The predicted octanol–water partition coefficient (Wildman–Crippen LogP) is 2.61. The molecule has 2 heterocycles. The summed E-state index contributed by atoms with van der Waals surface area (Å²) < 4.78 is 20.5. The summed E-state index contributed by atoms with van der Waals surface area (Å²) in [6, 6.07) is 4.59. The van der Waals surface area contributed by atoms with Crippen molar-refractivity contribution in [1.29, 1.82) is 0 Å². The summed E-state index contributed by atoms with van der Waals surface area (Å²) >= 11 is 0. The lowest BCUT2D eigenvalue weighted by molar-refractivity contribution is 0.245. The second-order valence-electron chi connectivity index (χ2n) is 7.05. The minimum absolute atomic E-state index is 0.0699. The second-order valence-corrected chi connectivity index (χ2v) is 7.05. The van der Waals surface area contributed by atoms with Crippen LogP contribution in [0.15, 0.2) is 18.2 Å². The molecule has 1 fully saturated rings. The number of nitrogens with zero attached hydrogens (tertiary/aromatic N) is 3. The molecule has 0 radical (unpaired) electrons. The zero-order valence-corrected chi connectivity index (χ0v) is 16.7. The van der Waals surface area contributed by atoms with Crippen LogP contribution in [-0.4, -0.2) is 66.6 Å². The van der Waals surface area contributed by atoms with E-state index < -0.39 is 0 Å². The van der Waals surface area contributed by atoms with E-state index in [1.165, 1.54) is 16.7 Å². The third kappa shape index (κ3) is 3.96. The van der Waals surface area contributed by atoms with Gasteiger partial charge in [-0.15, -0.1) is 0 Å². The van der Waals surface area contributed by atoms with Crippen LogP contribution in [0.3, 0.4) is 0 Å². The molecule has 154 valence electrons. The lowest BCUT2D eigenvalue weighted by Crippen LogP contribution is -2.46. The van der Waals surface area contributed by atoms with Gasteiger partial charge in [0.25, 0.3) is 0 Å². The lowest BCUT2D eigenvalue weighted by atomic mass is 10.2. The van der Waals surface area contributed by atoms with Gasteiger partial charge in [0.15, 0.2) is 5.88 Å². The van der Waals surface area contributed by atoms with Gasteiger partial charge in [0.2, 0.25) is 5.88 Å². The predicted molar refractivity (Wildman–Crippen MR) is 108 cm³/mol. The Kier molecular flexibility index (Phi) is 6.18. The Bertz CT molecular complexity index is 816. The average Bonchev–Trinajstić information content (AvgIpc) is 2.91. The largest absolute Gasteiger partial charge is 0.495 e. The van der Waals surface area contributed by atoms with Gasteiger partial charge < -0.3 is 25.2 Å². The third-order valence-corrected chi connectivity index (χ3v) is 5.41. The zero-order valence-electron chi connectivity index (χ0n) is 16.7. The second kappa shape index (κ2) is 8.60. The van der Waals surface area contributed by atoms with Crippen molar-refractivity contribution >= 4 is 11.4 Å². The van der Waals surface area contributed by atoms with Crippen LogP contribution in [0.1, 0.15) is 12.0 Å². The molecule has 0 unspecified atom stereocenters. The van der Waals surface area contributed by atoms with Crippen molar-refractivity contribution in [2.75, 3.05) is 57.1 Å². The number of halogens is 1. The first-order valence-electron chi connectivity index (χ1n) is 9.55. The van der Waals surface area contributed by atoms with Crippen LogP contribution >= 0.6 is 0 Å². The van der Waals surface area contributed by atoms with Crippen molar-refractivity contribution in [3.05, 3.63) is 29.6 Å². The maximum atomic E-state index is 13.6. The van der Waals surface area contributed by atoms with Crippen molar-refractivity contribution < 1.29 is 19.3 Å². The number of benzene rings is 1. The molecular weight excluding hydrogens is 363 g/mol. The SMILES string of the molecule is CNc1c(C)c(O)n(CCCN2CCN(c3cc(F)ccc3OC)CC2)c1O. The van der Waals surface area contributed by atoms with Crippen molar-refractivity contribution in [3.63, 3.8) is 0 Å². The highest BCUT2D eigenvalue weighted by molar-refractivity contribution is 5.64. The van der Waals surface area contributed by atoms with Crippen LogP contribution in [0.4, 0.5) is 15.8 Å². The zero-order chi connectivity index (χ0) is 20.3. The Morgan fingerprint density at radius 1 is 1.11 bits per heavy atom. The summed E-state index contributed by atoms with van der Waals surface area (Å²) in [7, 11) is 3.32. The molecular formula is C20H29FN4O3. The minimum atomic E-state index is -0.263. The Labute approximate surface area is 164 Å². The Morgan fingerprint density at radius 2 is 1.82 bits per heavy atom. The van der Waals surface area contributed by atoms with Crippen LogP contribution in [0.5, 0.6) is 17.5 Å². The molecule has 3 rings (SSSR count). The third-order valence-electron chi connectivity index (χ3n) is 5.41. The standard InChI is InChI=1S/C20H29FN4O3/c1-14-18(22-2)20(27)25(19(14)26)8-4-7-23-9-11-24(12-10-23)16-13-15(21)5-6-17(16)28-3/h5-6,13,22,26-27H,4,7-12H2,1-3H3. The molecule has 2 aromatic rings. The van der Waals surface area contributed by atoms with E-state index in [1.54, 1.807) is 27.1 Å². The van der Waals surface area contributed by atoms with Gasteiger partial charge in [-0.2, -0.15) is 0 Å². The molecule has 3 N–H and O–H groups in total. The Morgan fingerprint density at radius 3 is 2.43 bits per heavy atom. The normalized spacial score (nSPS) is 15.1. The average molecular weight is 392 g/mol. The molecule has 1 aliphatic rings. The lowest BCUT2D eigenvalue weighted by Gasteiger charge is -2.36. The van der Waals surface area contributed by atoms with Gasteiger partial charge in [-0.05, 0) is 32.0 Å². The number of hydrogen-bond donors (Lipinski definition) is 3. The van der Waals surface area contributed by atoms with Crippen molar-refractivity contribution in [2.24, 2.45) is 0 Å². The van der Waals surface area contributed by atoms with Gasteiger partial charge in [-0.3, -0.25) is 9.47 Å². The summed E-state index contributed by atoms with van der Waals surface area (Å²) in [5, 5.41) is 23.4. The highest BCUT2D eigenvalue weighted by Gasteiger charge is 2.21. The highest BCUT2D eigenvalue weighted by Crippen LogP contribution is 2.37. The quantitative estimate of drug-likeness (QED) is 0.673. The number of rotatable bonds is 7. The van der Waals surface area contributed by atoms with Crippen LogP contribution in [0.2, 0.25) is 0 Å². The van der Waals surface area contributed by atoms with E-state index in [1.807, 2.05) is 0 Å². The van der Waals surface area contributed by atoms with Gasteiger partial charge in [0, 0.05) is 51.4 Å². The van der Waals surface area contributed by atoms with Gasteiger partial charge >= 0.3 is 0 Å². The van der Waals surface area contributed by atoms with Crippen LogP contribution < -0.4 is 15.0 Å². The summed E-state index contributed by atoms with van der Waals surface area (Å²) in [4.78, 5) is 4.48. The summed E-state index contributed by atoms with van der Waals surface area (Å²) in [5.74, 6) is 0.593. The van der Waals surface area contributed by atoms with Gasteiger partial charge in [0.1, 0.15) is 17.3 Å². The molecule has 0 aliphatic carbocycles. The fourth-order valence-electron chi connectivity index (χ4n) is 3.80. The van der Waals surface area contributed by atoms with Crippen molar-refractivity contribution in [3.8, 4) is 17.5 Å². The van der Waals surface area contributed by atoms with E-state index in [2.05, 4.69) is 15.1 Å². The van der Waals surface area contributed by atoms with Gasteiger partial charge in [-0.1, -0.05) is 0 Å². The van der Waals surface area contributed by atoms with E-state index in [9.17, 15) is 14.6 Å². The molecule has 1 aromatic heterocycles. The fraction of sp³-hybridized carbons (Fsp3) is 0.500. The number of aromatic nitrogens is 1. The van der Waals surface area contributed by atoms with E-state index in [4.69, 9.17) is 4.74 Å². The minimum Gasteiger partial charge on any atom is -0.495 e. The molecule has 0 bridgehead atoms. The van der Waals surface area contributed by atoms with E-state index in [0.717, 1.165) is 44.8 Å². The molecule has 0 atom stereocenters. The topological polar surface area (TPSA) is 73.1 Å². The molecule has 0 spiro atoms. The molecule has 1 aromatic carbocycles. The molecule has 28 heavy (non-hydrogen) atoms. The van der Waals surface area contributed by atoms with Crippen LogP contribution in [0.25, 0.3) is 0 Å². The van der Waals surface area contributed by atoms with E-state index in [-0.39, 0.29) is 17.6 Å².